The van der Waals surface area contributed by atoms with Crippen molar-refractivity contribution in [3.8, 4) is 0 Å². The van der Waals surface area contributed by atoms with Crippen LogP contribution in [-0.2, 0) is 18.9 Å². The van der Waals surface area contributed by atoms with Gasteiger partial charge in [-0.25, -0.2) is 0 Å². The van der Waals surface area contributed by atoms with Gasteiger partial charge in [0.1, 0.15) is 10.8 Å². The van der Waals surface area contributed by atoms with E-state index in [2.05, 4.69) is 41.5 Å². The van der Waals surface area contributed by atoms with Crippen LogP contribution < -0.4 is 0 Å². The summed E-state index contributed by atoms with van der Waals surface area (Å²) >= 11 is 0. The minimum atomic E-state index is -0.482. The van der Waals surface area contributed by atoms with Crippen molar-refractivity contribution >= 4 is 19.0 Å². The Bertz CT molecular complexity index is 315. The number of rotatable bonds is 23. The smallest absolute Gasteiger partial charge is 0.144 e. The molecule has 30 heavy (non-hydrogen) atoms. The summed E-state index contributed by atoms with van der Waals surface area (Å²) in [4.78, 5) is 0. The molecule has 0 aliphatic heterocycles. The van der Waals surface area contributed by atoms with Gasteiger partial charge < -0.3 is 18.9 Å². The summed E-state index contributed by atoms with van der Waals surface area (Å²) in [6, 6.07) is 2.54. The summed E-state index contributed by atoms with van der Waals surface area (Å²) in [5.41, 5.74) is -0.528. The lowest BCUT2D eigenvalue weighted by atomic mass is 10.3. The highest BCUT2D eigenvalue weighted by Crippen LogP contribution is 2.24. The Morgan fingerprint density at radius 3 is 0.933 bits per heavy atom. The van der Waals surface area contributed by atoms with Crippen molar-refractivity contribution in [2.45, 2.75) is 129 Å². The Labute approximate surface area is 193 Å². The molecule has 0 bridgehead atoms. The number of hydrogen-bond donors (Lipinski definition) is 0. The Balaban J connectivity index is 4.80. The molecule has 182 valence electrons. The van der Waals surface area contributed by atoms with Crippen molar-refractivity contribution in [2.24, 2.45) is 0 Å². The first-order valence-electron chi connectivity index (χ1n) is 13.1. The van der Waals surface area contributed by atoms with Gasteiger partial charge in [-0.3, -0.25) is 0 Å². The molecule has 0 saturated carbocycles. The second-order valence-electron chi connectivity index (χ2n) is 8.54. The molecule has 0 aliphatic carbocycles. The van der Waals surface area contributed by atoms with Crippen LogP contribution in [0.25, 0.3) is 0 Å². The van der Waals surface area contributed by atoms with Crippen molar-refractivity contribution in [3.05, 3.63) is 0 Å². The fourth-order valence-corrected chi connectivity index (χ4v) is 8.47. The van der Waals surface area contributed by atoms with E-state index in [1.807, 2.05) is 0 Å². The van der Waals surface area contributed by atoms with Crippen LogP contribution in [0, 0.1) is 0 Å². The summed E-state index contributed by atoms with van der Waals surface area (Å²) in [5.74, 6) is 0. The molecule has 0 aromatic rings. The Morgan fingerprint density at radius 2 is 0.733 bits per heavy atom. The van der Waals surface area contributed by atoms with Crippen LogP contribution in [0.5, 0.6) is 0 Å². The van der Waals surface area contributed by atoms with Gasteiger partial charge in [0.2, 0.25) is 0 Å². The minimum Gasteiger partial charge on any atom is -0.354 e. The van der Waals surface area contributed by atoms with Gasteiger partial charge in [-0.05, 0) is 38.5 Å². The van der Waals surface area contributed by atoms with Crippen LogP contribution in [0.2, 0.25) is 12.1 Å². The first-order valence-corrected chi connectivity index (χ1v) is 16.5. The van der Waals surface area contributed by atoms with Crippen LogP contribution in [-0.4, -0.2) is 56.3 Å². The highest BCUT2D eigenvalue weighted by Gasteiger charge is 2.32. The zero-order valence-electron chi connectivity index (χ0n) is 21.4. The predicted molar refractivity (Wildman–Crippen MR) is 136 cm³/mol. The van der Waals surface area contributed by atoms with Gasteiger partial charge >= 0.3 is 0 Å². The van der Waals surface area contributed by atoms with Gasteiger partial charge in [-0.2, -0.15) is 0 Å². The van der Waals surface area contributed by atoms with Gasteiger partial charge in [0, 0.05) is 26.4 Å². The van der Waals surface area contributed by atoms with Crippen LogP contribution >= 0.6 is 0 Å². The summed E-state index contributed by atoms with van der Waals surface area (Å²) < 4.78 is 25.5. The topological polar surface area (TPSA) is 36.9 Å². The van der Waals surface area contributed by atoms with Crippen LogP contribution in [0.1, 0.15) is 106 Å². The Hall–Kier alpha value is 0.274. The van der Waals surface area contributed by atoms with Crippen molar-refractivity contribution in [3.63, 3.8) is 0 Å². The number of unbranched alkanes of at least 4 members (excludes halogenated alkanes) is 4. The first-order chi connectivity index (χ1) is 14.6. The van der Waals surface area contributed by atoms with E-state index in [4.69, 9.17) is 18.9 Å². The predicted octanol–water partition coefficient (Wildman–Crippen LogP) is 5.56. The second kappa shape index (κ2) is 19.9. The molecule has 0 fully saturated rings. The SMILES string of the molecule is CCCCOC(CC)(OCCCC)[SiH2]CC[SiH2]C(CC)(OCCCC)OCCCC. The van der Waals surface area contributed by atoms with Gasteiger partial charge in [-0.15, -0.1) is 0 Å². The van der Waals surface area contributed by atoms with E-state index in [0.29, 0.717) is 0 Å². The summed E-state index contributed by atoms with van der Waals surface area (Å²) in [6.45, 7) is 16.7. The molecule has 0 spiro atoms. The molecule has 0 saturated heterocycles. The first kappa shape index (κ1) is 30.3. The quantitative estimate of drug-likeness (QED) is 0.113. The molecule has 0 amide bonds. The number of ether oxygens (including phenoxy) is 4. The Kier molecular flexibility index (Phi) is 20.1. The molecule has 0 aliphatic rings. The molecule has 0 N–H and O–H groups in total. The highest BCUT2D eigenvalue weighted by atomic mass is 28.2. The Morgan fingerprint density at radius 1 is 0.467 bits per heavy atom. The zero-order chi connectivity index (χ0) is 22.6. The molecular weight excluding hydrogens is 408 g/mol. The van der Waals surface area contributed by atoms with Crippen molar-refractivity contribution < 1.29 is 18.9 Å². The minimum absolute atomic E-state index is 0.264. The van der Waals surface area contributed by atoms with Crippen molar-refractivity contribution in [2.75, 3.05) is 26.4 Å². The molecule has 0 atom stereocenters. The third-order valence-corrected chi connectivity index (χ3v) is 11.9. The van der Waals surface area contributed by atoms with E-state index in [1.54, 1.807) is 0 Å². The summed E-state index contributed by atoms with van der Waals surface area (Å²) in [6.07, 6.45) is 11.1. The van der Waals surface area contributed by atoms with Gasteiger partial charge in [0.25, 0.3) is 0 Å². The lowest BCUT2D eigenvalue weighted by molar-refractivity contribution is -0.184. The maximum Gasteiger partial charge on any atom is 0.144 e. The lowest BCUT2D eigenvalue weighted by Gasteiger charge is -2.35. The van der Waals surface area contributed by atoms with Crippen LogP contribution in [0.3, 0.4) is 0 Å². The second-order valence-corrected chi connectivity index (χ2v) is 13.1. The average Bonchev–Trinajstić information content (AvgIpc) is 2.76. The lowest BCUT2D eigenvalue weighted by Crippen LogP contribution is -2.44. The third kappa shape index (κ3) is 13.6. The van der Waals surface area contributed by atoms with Gasteiger partial charge in [0.15, 0.2) is 0 Å². The zero-order valence-corrected chi connectivity index (χ0v) is 24.2. The van der Waals surface area contributed by atoms with E-state index in [-0.39, 0.29) is 10.8 Å². The van der Waals surface area contributed by atoms with E-state index in [1.165, 1.54) is 37.8 Å². The standard InChI is InChI=1S/C24H54O4Si2/c1-7-13-17-25-23(11-5,26-18-14-8-2)29-21-22-30-24(12-6,27-19-15-9-3)28-20-16-10-4/h7-22,29-30H2,1-6H3. The van der Waals surface area contributed by atoms with E-state index in [9.17, 15) is 0 Å². The van der Waals surface area contributed by atoms with E-state index in [0.717, 1.165) is 65.0 Å². The fourth-order valence-electron chi connectivity index (χ4n) is 3.53. The van der Waals surface area contributed by atoms with Crippen molar-refractivity contribution in [1.29, 1.82) is 0 Å². The molecule has 0 unspecified atom stereocenters. The van der Waals surface area contributed by atoms with Crippen LogP contribution in [0.15, 0.2) is 0 Å². The summed E-state index contributed by atoms with van der Waals surface area (Å²) in [7, 11) is -0.964. The summed E-state index contributed by atoms with van der Waals surface area (Å²) in [5, 5.41) is 0. The molecule has 0 aromatic carbocycles. The molecule has 4 nitrogen and oxygen atoms in total. The molecule has 0 rings (SSSR count). The van der Waals surface area contributed by atoms with Gasteiger partial charge in [0.05, 0.1) is 19.0 Å². The molecule has 0 aromatic heterocycles. The van der Waals surface area contributed by atoms with Crippen molar-refractivity contribution in [1.82, 2.24) is 0 Å². The largest absolute Gasteiger partial charge is 0.354 e. The van der Waals surface area contributed by atoms with E-state index < -0.39 is 19.0 Å². The molecular formula is C24H54O4Si2. The molecule has 6 heteroatoms. The average molecular weight is 463 g/mol. The number of hydrogen-bond acceptors (Lipinski definition) is 4. The molecule has 0 radical (unpaired) electrons. The normalized spacial score (nSPS) is 13.4. The third-order valence-electron chi connectivity index (χ3n) is 5.89. The van der Waals surface area contributed by atoms with Gasteiger partial charge in [-0.1, -0.05) is 79.3 Å². The fraction of sp³-hybridized carbons (Fsp3) is 1.00. The van der Waals surface area contributed by atoms with Crippen LogP contribution in [0.4, 0.5) is 0 Å². The highest BCUT2D eigenvalue weighted by molar-refractivity contribution is 6.45. The van der Waals surface area contributed by atoms with E-state index >= 15 is 0 Å². The monoisotopic (exact) mass is 462 g/mol. The maximum atomic E-state index is 6.38. The maximum absolute atomic E-state index is 6.38. The molecule has 0 heterocycles.